The summed E-state index contributed by atoms with van der Waals surface area (Å²) in [7, 11) is 0. The zero-order valence-electron chi connectivity index (χ0n) is 11.2. The van der Waals surface area contributed by atoms with Gasteiger partial charge in [0.25, 0.3) is 5.91 Å². The average molecular weight is 287 g/mol. The highest BCUT2D eigenvalue weighted by Gasteiger charge is 2.26. The van der Waals surface area contributed by atoms with E-state index in [1.165, 1.54) is 18.3 Å². The summed E-state index contributed by atoms with van der Waals surface area (Å²) < 4.78 is 13.2. The Morgan fingerprint density at radius 2 is 2.14 bits per heavy atom. The molecule has 0 saturated carbocycles. The van der Waals surface area contributed by atoms with Crippen molar-refractivity contribution in [2.75, 3.05) is 13.1 Å². The van der Waals surface area contributed by atoms with E-state index in [4.69, 9.17) is 5.21 Å². The summed E-state index contributed by atoms with van der Waals surface area (Å²) in [6.45, 7) is 0.862. The first-order chi connectivity index (χ1) is 10.1. The van der Waals surface area contributed by atoms with Crippen molar-refractivity contribution in [3.63, 3.8) is 0 Å². The zero-order chi connectivity index (χ0) is 14.8. The minimum absolute atomic E-state index is 0.0367. The molecule has 21 heavy (non-hydrogen) atoms. The minimum Gasteiger partial charge on any atom is -0.346 e. The lowest BCUT2D eigenvalue weighted by molar-refractivity contribution is -0.151. The van der Waals surface area contributed by atoms with Crippen LogP contribution in [-0.2, 0) is 0 Å². The quantitative estimate of drug-likeness (QED) is 0.901. The number of rotatable bonds is 3. The molecule has 0 radical (unpaired) electrons. The molecule has 0 unspecified atom stereocenters. The monoisotopic (exact) mass is 287 g/mol. The van der Waals surface area contributed by atoms with Crippen LogP contribution in [0.2, 0.25) is 0 Å². The summed E-state index contributed by atoms with van der Waals surface area (Å²) in [5, 5.41) is 13.0. The van der Waals surface area contributed by atoms with Crippen LogP contribution in [0, 0.1) is 5.82 Å². The molecule has 0 atom stereocenters. The third-order valence-electron chi connectivity index (χ3n) is 3.34. The predicted octanol–water partition coefficient (Wildman–Crippen LogP) is 1.69. The molecule has 1 aromatic carbocycles. The van der Waals surface area contributed by atoms with Gasteiger partial charge in [-0.25, -0.2) is 4.39 Å². The summed E-state index contributed by atoms with van der Waals surface area (Å²) in [5.74, 6) is -0.555. The third-order valence-corrected chi connectivity index (χ3v) is 3.34. The summed E-state index contributed by atoms with van der Waals surface area (Å²) in [4.78, 5) is 16.1. The number of nitrogens with zero attached hydrogens (tertiary/aromatic N) is 2. The van der Waals surface area contributed by atoms with Gasteiger partial charge in [-0.05, 0) is 24.3 Å². The lowest BCUT2D eigenvalue weighted by Crippen LogP contribution is -2.57. The van der Waals surface area contributed by atoms with Crippen LogP contribution in [0.25, 0.3) is 11.3 Å². The molecule has 0 bridgehead atoms. The lowest BCUT2D eigenvalue weighted by atomic mass is 10.1. The molecule has 3 rings (SSSR count). The highest BCUT2D eigenvalue weighted by atomic mass is 19.1. The molecule has 2 N–H and O–H groups in total. The summed E-state index contributed by atoms with van der Waals surface area (Å²) in [5.41, 5.74) is 1.71. The normalized spacial score (nSPS) is 15.5. The van der Waals surface area contributed by atoms with E-state index < -0.39 is 0 Å². The molecule has 2 aromatic rings. The smallest absolute Gasteiger partial charge is 0.253 e. The highest BCUT2D eigenvalue weighted by Crippen LogP contribution is 2.18. The first-order valence-electron chi connectivity index (χ1n) is 6.58. The van der Waals surface area contributed by atoms with Crippen LogP contribution in [0.1, 0.15) is 10.4 Å². The first-order valence-corrected chi connectivity index (χ1v) is 6.58. The Bertz CT molecular complexity index is 654. The molecule has 1 amide bonds. The Morgan fingerprint density at radius 3 is 2.76 bits per heavy atom. The van der Waals surface area contributed by atoms with Gasteiger partial charge in [0.15, 0.2) is 0 Å². The van der Waals surface area contributed by atoms with Crippen molar-refractivity contribution < 1.29 is 14.4 Å². The summed E-state index contributed by atoms with van der Waals surface area (Å²) in [6.07, 6.45) is 1.46. The van der Waals surface area contributed by atoms with Gasteiger partial charge in [0.05, 0.1) is 17.3 Å². The number of hydroxylamine groups is 2. The van der Waals surface area contributed by atoms with E-state index in [1.807, 2.05) is 0 Å². The second-order valence-electron chi connectivity index (χ2n) is 4.98. The van der Waals surface area contributed by atoms with E-state index in [1.54, 1.807) is 24.3 Å². The molecule has 5 nitrogen and oxygen atoms in total. The van der Waals surface area contributed by atoms with Crippen LogP contribution in [0.3, 0.4) is 0 Å². The van der Waals surface area contributed by atoms with E-state index in [0.717, 1.165) is 5.06 Å². The predicted molar refractivity (Wildman–Crippen MR) is 74.2 cm³/mol. The fourth-order valence-electron chi connectivity index (χ4n) is 2.16. The number of hydrogen-bond donors (Lipinski definition) is 2. The topological polar surface area (TPSA) is 65.5 Å². The van der Waals surface area contributed by atoms with Crippen LogP contribution in [-0.4, -0.2) is 40.3 Å². The van der Waals surface area contributed by atoms with Crippen molar-refractivity contribution >= 4 is 5.91 Å². The molecule has 1 aromatic heterocycles. The number of carbonyl (C=O) groups is 1. The van der Waals surface area contributed by atoms with Crippen LogP contribution in [0.4, 0.5) is 4.39 Å². The molecule has 1 aliphatic rings. The van der Waals surface area contributed by atoms with Crippen molar-refractivity contribution in [1.29, 1.82) is 0 Å². The number of carbonyl (C=O) groups excluding carboxylic acids is 1. The van der Waals surface area contributed by atoms with Crippen molar-refractivity contribution in [3.05, 3.63) is 54.0 Å². The van der Waals surface area contributed by atoms with E-state index in [0.29, 0.717) is 29.9 Å². The van der Waals surface area contributed by atoms with Crippen molar-refractivity contribution in [2.24, 2.45) is 0 Å². The fourth-order valence-corrected chi connectivity index (χ4v) is 2.16. The SMILES string of the molecule is O=C(NC1CN(O)C1)c1ccc(-c2cccc(F)c2)nc1. The van der Waals surface area contributed by atoms with Crippen LogP contribution >= 0.6 is 0 Å². The minimum atomic E-state index is -0.324. The van der Waals surface area contributed by atoms with Gasteiger partial charge in [-0.3, -0.25) is 9.78 Å². The van der Waals surface area contributed by atoms with E-state index >= 15 is 0 Å². The molecular formula is C15H14FN3O2. The van der Waals surface area contributed by atoms with Crippen molar-refractivity contribution in [1.82, 2.24) is 15.4 Å². The van der Waals surface area contributed by atoms with Crippen molar-refractivity contribution in [2.45, 2.75) is 6.04 Å². The molecule has 0 aliphatic carbocycles. The van der Waals surface area contributed by atoms with E-state index in [2.05, 4.69) is 10.3 Å². The Labute approximate surface area is 121 Å². The van der Waals surface area contributed by atoms with Gasteiger partial charge in [0, 0.05) is 24.8 Å². The number of benzene rings is 1. The number of nitrogens with one attached hydrogen (secondary N) is 1. The molecule has 2 heterocycles. The Kier molecular flexibility index (Phi) is 3.64. The second-order valence-corrected chi connectivity index (χ2v) is 4.98. The van der Waals surface area contributed by atoms with Crippen LogP contribution < -0.4 is 5.32 Å². The Morgan fingerprint density at radius 1 is 1.33 bits per heavy atom. The van der Waals surface area contributed by atoms with E-state index in [9.17, 15) is 9.18 Å². The fraction of sp³-hybridized carbons (Fsp3) is 0.200. The molecule has 1 saturated heterocycles. The Hall–Kier alpha value is -2.31. The van der Waals surface area contributed by atoms with Gasteiger partial charge in [-0.15, -0.1) is 0 Å². The number of hydrogen-bond acceptors (Lipinski definition) is 4. The van der Waals surface area contributed by atoms with Gasteiger partial charge in [-0.2, -0.15) is 5.06 Å². The van der Waals surface area contributed by atoms with Gasteiger partial charge >= 0.3 is 0 Å². The maximum atomic E-state index is 13.2. The van der Waals surface area contributed by atoms with Crippen LogP contribution in [0.15, 0.2) is 42.6 Å². The third kappa shape index (κ3) is 3.07. The Balaban J connectivity index is 1.70. The summed E-state index contributed by atoms with van der Waals surface area (Å²) >= 11 is 0. The molecule has 1 fully saturated rings. The molecule has 0 spiro atoms. The van der Waals surface area contributed by atoms with Crippen LogP contribution in [0.5, 0.6) is 0 Å². The van der Waals surface area contributed by atoms with Crippen molar-refractivity contribution in [3.8, 4) is 11.3 Å². The van der Waals surface area contributed by atoms with Gasteiger partial charge in [0.2, 0.25) is 0 Å². The highest BCUT2D eigenvalue weighted by molar-refractivity contribution is 5.94. The molecular weight excluding hydrogens is 273 g/mol. The number of aromatic nitrogens is 1. The second kappa shape index (κ2) is 5.59. The maximum absolute atomic E-state index is 13.2. The zero-order valence-corrected chi connectivity index (χ0v) is 11.2. The standard InChI is InChI=1S/C15H14FN3O2/c16-12-3-1-2-10(6-12)14-5-4-11(7-17-14)15(20)18-13-8-19(21)9-13/h1-7,13,21H,8-9H2,(H,18,20). The van der Waals surface area contributed by atoms with Gasteiger partial charge < -0.3 is 10.5 Å². The van der Waals surface area contributed by atoms with Gasteiger partial charge in [-0.1, -0.05) is 12.1 Å². The maximum Gasteiger partial charge on any atom is 0.253 e. The average Bonchev–Trinajstić information content (AvgIpc) is 2.46. The number of halogens is 1. The molecule has 108 valence electrons. The summed E-state index contributed by atoms with van der Waals surface area (Å²) in [6, 6.07) is 9.44. The largest absolute Gasteiger partial charge is 0.346 e. The molecule has 1 aliphatic heterocycles. The number of amides is 1. The van der Waals surface area contributed by atoms with E-state index in [-0.39, 0.29) is 17.8 Å². The molecule has 6 heteroatoms. The first kappa shape index (κ1) is 13.7. The lowest BCUT2D eigenvalue weighted by Gasteiger charge is -2.34. The number of pyridine rings is 1. The van der Waals surface area contributed by atoms with Gasteiger partial charge in [0.1, 0.15) is 5.82 Å².